The van der Waals surface area contributed by atoms with Crippen LogP contribution in [0, 0.1) is 0 Å². The van der Waals surface area contributed by atoms with Crippen molar-refractivity contribution in [1.29, 1.82) is 0 Å². The third-order valence-corrected chi connectivity index (χ3v) is 18.5. The van der Waals surface area contributed by atoms with Gasteiger partial charge in [0.15, 0.2) is 12.6 Å². The van der Waals surface area contributed by atoms with E-state index in [9.17, 15) is 45.6 Å². The van der Waals surface area contributed by atoms with E-state index in [0.29, 0.717) is 6.42 Å². The molecule has 0 spiro atoms. The van der Waals surface area contributed by atoms with Gasteiger partial charge < -0.3 is 65.1 Å². The molecular formula is C72H139NO13. The first kappa shape index (κ1) is 80.8. The fourth-order valence-electron chi connectivity index (χ4n) is 12.6. The second kappa shape index (κ2) is 57.6. The average molecular weight is 1230 g/mol. The van der Waals surface area contributed by atoms with Gasteiger partial charge in [-0.1, -0.05) is 334 Å². The lowest BCUT2D eigenvalue weighted by Gasteiger charge is -2.46. The van der Waals surface area contributed by atoms with E-state index in [-0.39, 0.29) is 18.9 Å². The Kier molecular flexibility index (Phi) is 54.1. The zero-order valence-corrected chi connectivity index (χ0v) is 55.6. The van der Waals surface area contributed by atoms with Crippen LogP contribution in [0.4, 0.5) is 0 Å². The van der Waals surface area contributed by atoms with E-state index < -0.39 is 86.8 Å². The minimum absolute atomic E-state index is 0.231. The number of carbonyl (C=O) groups excluding carboxylic acids is 1. The number of amides is 1. The number of hydrogen-bond donors (Lipinski definition) is 9. The quantitative estimate of drug-likeness (QED) is 0.0204. The van der Waals surface area contributed by atoms with Crippen molar-refractivity contribution < 1.29 is 64.6 Å². The van der Waals surface area contributed by atoms with Crippen molar-refractivity contribution >= 4 is 5.91 Å². The predicted octanol–water partition coefficient (Wildman–Crippen LogP) is 15.4. The second-order valence-corrected chi connectivity index (χ2v) is 26.4. The second-order valence-electron chi connectivity index (χ2n) is 26.4. The normalized spacial score (nSPS) is 23.4. The van der Waals surface area contributed by atoms with E-state index in [1.165, 1.54) is 283 Å². The van der Waals surface area contributed by atoms with Crippen LogP contribution in [-0.4, -0.2) is 140 Å². The number of carbonyl (C=O) groups is 1. The van der Waals surface area contributed by atoms with Crippen LogP contribution in [0.15, 0.2) is 12.2 Å². The number of aliphatic hydroxyl groups is 8. The van der Waals surface area contributed by atoms with Gasteiger partial charge in [0.05, 0.1) is 32.0 Å². The van der Waals surface area contributed by atoms with E-state index in [4.69, 9.17) is 18.9 Å². The Morgan fingerprint density at radius 1 is 0.407 bits per heavy atom. The zero-order valence-electron chi connectivity index (χ0n) is 55.6. The molecule has 0 aromatic heterocycles. The molecule has 2 aliphatic heterocycles. The Morgan fingerprint density at radius 3 is 1.07 bits per heavy atom. The van der Waals surface area contributed by atoms with Crippen LogP contribution in [0.25, 0.3) is 0 Å². The summed E-state index contributed by atoms with van der Waals surface area (Å²) in [6.45, 7) is 2.85. The topological polar surface area (TPSA) is 228 Å². The van der Waals surface area contributed by atoms with Crippen molar-refractivity contribution in [2.45, 2.75) is 421 Å². The molecule has 0 aromatic rings. The molecule has 2 heterocycles. The lowest BCUT2D eigenvalue weighted by molar-refractivity contribution is -0.359. The Balaban J connectivity index is 1.56. The molecule has 0 saturated carbocycles. The van der Waals surface area contributed by atoms with E-state index >= 15 is 0 Å². The van der Waals surface area contributed by atoms with Gasteiger partial charge in [0.1, 0.15) is 48.8 Å². The molecule has 0 aliphatic carbocycles. The molecule has 0 radical (unpaired) electrons. The van der Waals surface area contributed by atoms with Crippen molar-refractivity contribution in [2.24, 2.45) is 0 Å². The van der Waals surface area contributed by atoms with Gasteiger partial charge in [0, 0.05) is 6.42 Å². The minimum atomic E-state index is -1.79. The highest BCUT2D eigenvalue weighted by molar-refractivity contribution is 5.76. The SMILES string of the molecule is CCCCCCCCCCCCCCC/C=C/C(O)C(COC1OC(CO)C(OC2OC(CO)C(O)C(O)C2O)C(O)C1O)NC(=O)CCCCCCCCCCCCCCCCCCCCCCCCCCCCCCCCCCCCCCC. The first-order chi connectivity index (χ1) is 42.1. The summed E-state index contributed by atoms with van der Waals surface area (Å²) in [5, 5.41) is 87.3. The largest absolute Gasteiger partial charge is 0.394 e. The molecule has 0 aromatic carbocycles. The van der Waals surface area contributed by atoms with E-state index in [1.54, 1.807) is 6.08 Å². The lowest BCUT2D eigenvalue weighted by atomic mass is 9.97. The van der Waals surface area contributed by atoms with E-state index in [1.807, 2.05) is 6.08 Å². The zero-order chi connectivity index (χ0) is 62.3. The highest BCUT2D eigenvalue weighted by atomic mass is 16.7. The molecule has 2 fully saturated rings. The van der Waals surface area contributed by atoms with Crippen LogP contribution in [0.2, 0.25) is 0 Å². The summed E-state index contributed by atoms with van der Waals surface area (Å²) in [4.78, 5) is 13.3. The summed E-state index contributed by atoms with van der Waals surface area (Å²) in [5.74, 6) is -0.231. The molecule has 12 atom stereocenters. The van der Waals surface area contributed by atoms with Gasteiger partial charge in [-0.15, -0.1) is 0 Å². The Hall–Kier alpha value is -1.27. The number of nitrogens with one attached hydrogen (secondary N) is 1. The molecule has 2 aliphatic rings. The Morgan fingerprint density at radius 2 is 0.721 bits per heavy atom. The first-order valence-corrected chi connectivity index (χ1v) is 36.9. The van der Waals surface area contributed by atoms with Gasteiger partial charge in [-0.2, -0.15) is 0 Å². The molecule has 14 nitrogen and oxygen atoms in total. The smallest absolute Gasteiger partial charge is 0.220 e. The molecule has 2 rings (SSSR count). The van der Waals surface area contributed by atoms with Crippen molar-refractivity contribution in [2.75, 3.05) is 19.8 Å². The van der Waals surface area contributed by atoms with Crippen molar-refractivity contribution in [3.8, 4) is 0 Å². The summed E-state index contributed by atoms with van der Waals surface area (Å²) in [5.41, 5.74) is 0. The van der Waals surface area contributed by atoms with E-state index in [2.05, 4.69) is 19.2 Å². The molecule has 0 bridgehead atoms. The van der Waals surface area contributed by atoms with Gasteiger partial charge in [0.2, 0.25) is 5.91 Å². The third-order valence-electron chi connectivity index (χ3n) is 18.5. The van der Waals surface area contributed by atoms with Gasteiger partial charge in [-0.3, -0.25) is 4.79 Å². The molecule has 12 unspecified atom stereocenters. The standard InChI is InChI=1S/C72H139NO13/c1-3-5-7-9-11-13-15-17-19-20-21-22-23-24-25-26-27-28-29-30-31-32-33-34-35-36-37-38-39-40-42-44-46-48-50-52-54-56-64(77)73-60(61(76)55-53-51-49-47-45-43-41-18-16-14-12-10-8-6-4-2)59-83-71-69(82)67(80)70(63(58-75)85-71)86-72-68(81)66(79)65(78)62(57-74)84-72/h53,55,60-63,65-72,74-76,78-82H,3-52,54,56-59H2,1-2H3,(H,73,77)/b55-53+. The van der Waals surface area contributed by atoms with Crippen molar-refractivity contribution in [1.82, 2.24) is 5.32 Å². The number of ether oxygens (including phenoxy) is 4. The average Bonchev–Trinajstić information content (AvgIpc) is 2.52. The van der Waals surface area contributed by atoms with Crippen molar-refractivity contribution in [3.05, 3.63) is 12.2 Å². The van der Waals surface area contributed by atoms with Crippen LogP contribution >= 0.6 is 0 Å². The Labute approximate surface area is 526 Å². The number of unbranched alkanes of at least 4 members (excludes halogenated alkanes) is 49. The van der Waals surface area contributed by atoms with Crippen LogP contribution < -0.4 is 5.32 Å². The molecule has 86 heavy (non-hydrogen) atoms. The number of rotatable bonds is 62. The molecule has 2 saturated heterocycles. The fourth-order valence-corrected chi connectivity index (χ4v) is 12.6. The summed E-state index contributed by atoms with van der Waals surface area (Å²) in [6.07, 6.45) is 54.5. The van der Waals surface area contributed by atoms with Crippen LogP contribution in [0.3, 0.4) is 0 Å². The van der Waals surface area contributed by atoms with Crippen LogP contribution in [0.5, 0.6) is 0 Å². The predicted molar refractivity (Wildman–Crippen MR) is 351 cm³/mol. The highest BCUT2D eigenvalue weighted by Crippen LogP contribution is 2.30. The molecule has 9 N–H and O–H groups in total. The molecule has 510 valence electrons. The molecular weight excluding hydrogens is 1090 g/mol. The fraction of sp³-hybridized carbons (Fsp3) is 0.958. The van der Waals surface area contributed by atoms with Crippen LogP contribution in [-0.2, 0) is 23.7 Å². The summed E-state index contributed by atoms with van der Waals surface area (Å²) in [6, 6.07) is -0.910. The van der Waals surface area contributed by atoms with Gasteiger partial charge in [-0.05, 0) is 19.3 Å². The van der Waals surface area contributed by atoms with Gasteiger partial charge in [-0.25, -0.2) is 0 Å². The first-order valence-electron chi connectivity index (χ1n) is 36.9. The highest BCUT2D eigenvalue weighted by Gasteiger charge is 2.51. The summed E-state index contributed by atoms with van der Waals surface area (Å²) >= 11 is 0. The maximum Gasteiger partial charge on any atom is 0.220 e. The summed E-state index contributed by atoms with van der Waals surface area (Å²) in [7, 11) is 0. The molecule has 1 amide bonds. The minimum Gasteiger partial charge on any atom is -0.394 e. The maximum absolute atomic E-state index is 13.3. The van der Waals surface area contributed by atoms with E-state index in [0.717, 1.165) is 38.5 Å². The number of allylic oxidation sites excluding steroid dienone is 1. The number of hydrogen-bond acceptors (Lipinski definition) is 13. The monoisotopic (exact) mass is 1230 g/mol. The van der Waals surface area contributed by atoms with Crippen LogP contribution in [0.1, 0.15) is 348 Å². The number of aliphatic hydroxyl groups excluding tert-OH is 8. The summed E-state index contributed by atoms with van der Waals surface area (Å²) < 4.78 is 22.8. The Bertz CT molecular complexity index is 1490. The molecule has 14 heteroatoms. The lowest BCUT2D eigenvalue weighted by Crippen LogP contribution is -2.65. The maximum atomic E-state index is 13.3. The van der Waals surface area contributed by atoms with Gasteiger partial charge in [0.25, 0.3) is 0 Å². The third kappa shape index (κ3) is 41.3. The van der Waals surface area contributed by atoms with Crippen molar-refractivity contribution in [3.63, 3.8) is 0 Å². The van der Waals surface area contributed by atoms with Gasteiger partial charge >= 0.3 is 0 Å².